The van der Waals surface area contributed by atoms with Gasteiger partial charge >= 0.3 is 11.9 Å². The van der Waals surface area contributed by atoms with Gasteiger partial charge in [0, 0.05) is 11.0 Å². The molecule has 1 aliphatic rings. The van der Waals surface area contributed by atoms with E-state index in [1.54, 1.807) is 12.1 Å². The highest BCUT2D eigenvalue weighted by Gasteiger charge is 2.15. The van der Waals surface area contributed by atoms with E-state index in [4.69, 9.17) is 9.47 Å². The van der Waals surface area contributed by atoms with Crippen molar-refractivity contribution in [2.24, 2.45) is 0 Å². The molecule has 1 aromatic heterocycles. The number of halogens is 1. The molecule has 3 aromatic rings. The highest BCUT2D eigenvalue weighted by molar-refractivity contribution is 9.09. The number of aromatic hydroxyl groups is 1. The van der Waals surface area contributed by atoms with Crippen LogP contribution in [0.15, 0.2) is 60.7 Å². The van der Waals surface area contributed by atoms with E-state index < -0.39 is 0 Å². The Hall–Kier alpha value is -3.23. The summed E-state index contributed by atoms with van der Waals surface area (Å²) in [4.78, 5) is 28.0. The maximum Gasteiger partial charge on any atom is 0.356 e. The molecule has 0 spiro atoms. The number of carbonyl (C=O) groups is 2. The van der Waals surface area contributed by atoms with Gasteiger partial charge in [-0.3, -0.25) is 0 Å². The van der Waals surface area contributed by atoms with Crippen molar-refractivity contribution in [1.82, 2.24) is 10.3 Å². The molecule has 2 N–H and O–H groups in total. The molecule has 0 saturated carbocycles. The second kappa shape index (κ2) is 23.2. The van der Waals surface area contributed by atoms with Gasteiger partial charge in [0.05, 0.1) is 18.8 Å². The van der Waals surface area contributed by atoms with E-state index in [9.17, 15) is 14.7 Å². The van der Waals surface area contributed by atoms with Gasteiger partial charge in [-0.15, -0.1) is 0 Å². The summed E-state index contributed by atoms with van der Waals surface area (Å²) in [5.41, 5.74) is 5.58. The van der Waals surface area contributed by atoms with Gasteiger partial charge in [0.15, 0.2) is 0 Å². The van der Waals surface area contributed by atoms with Crippen molar-refractivity contribution in [2.45, 2.75) is 85.0 Å². The quantitative estimate of drug-likeness (QED) is 0.101. The van der Waals surface area contributed by atoms with Crippen LogP contribution in [0.3, 0.4) is 0 Å². The van der Waals surface area contributed by atoms with Crippen LogP contribution in [-0.2, 0) is 35.2 Å². The maximum atomic E-state index is 11.8. The van der Waals surface area contributed by atoms with Crippen LogP contribution in [0.2, 0.25) is 0 Å². The number of phenolic OH excluding ortho intramolecular Hbond substituents is 1. The Labute approximate surface area is 278 Å². The van der Waals surface area contributed by atoms with E-state index in [-0.39, 0.29) is 11.9 Å². The SMILES string of the molecule is CCBr.CCCCOC(=O)c1ccc(CCNCCc2ccccc2O)cc1.CCCCOC(=O)c1ccc2c(n1)CCCC2. The number of nitrogens with one attached hydrogen (secondary N) is 1. The van der Waals surface area contributed by atoms with Gasteiger partial charge in [-0.2, -0.15) is 0 Å². The van der Waals surface area contributed by atoms with Gasteiger partial charge in [-0.05, 0) is 105 Å². The molecule has 8 heteroatoms. The van der Waals surface area contributed by atoms with Crippen molar-refractivity contribution < 1.29 is 24.2 Å². The predicted octanol–water partition coefficient (Wildman–Crippen LogP) is 8.04. The number of aryl methyl sites for hydroxylation is 2. The highest BCUT2D eigenvalue weighted by Crippen LogP contribution is 2.20. The number of hydrogen-bond acceptors (Lipinski definition) is 7. The number of alkyl halides is 1. The van der Waals surface area contributed by atoms with E-state index in [0.717, 1.165) is 81.0 Å². The summed E-state index contributed by atoms with van der Waals surface area (Å²) in [7, 11) is 0. The third-order valence-electron chi connectivity index (χ3n) is 7.19. The molecule has 0 unspecified atom stereocenters. The van der Waals surface area contributed by atoms with Crippen LogP contribution >= 0.6 is 15.9 Å². The summed E-state index contributed by atoms with van der Waals surface area (Å²) >= 11 is 3.15. The number of rotatable bonds is 14. The van der Waals surface area contributed by atoms with Crippen molar-refractivity contribution in [3.8, 4) is 5.75 Å². The van der Waals surface area contributed by atoms with Gasteiger partial charge in [-0.25, -0.2) is 14.6 Å². The molecule has 2 aromatic carbocycles. The van der Waals surface area contributed by atoms with Crippen molar-refractivity contribution in [3.63, 3.8) is 0 Å². The summed E-state index contributed by atoms with van der Waals surface area (Å²) < 4.78 is 10.4. The monoisotopic (exact) mass is 682 g/mol. The minimum atomic E-state index is -0.285. The standard InChI is InChI=1S/C21H27NO3.C14H19NO2.C2H5Br/c1-2-3-16-25-21(24)19-10-8-17(9-11-19)12-14-22-15-13-18-6-4-5-7-20(18)23;1-2-3-10-17-14(16)13-9-8-11-6-4-5-7-12(11)15-13;1-2-3/h4-11,22-23H,2-3,12-16H2,1H3;8-9H,2-7,10H2,1H3;2H2,1H3. The van der Waals surface area contributed by atoms with Crippen LogP contribution in [0.4, 0.5) is 0 Å². The number of carbonyl (C=O) groups excluding carboxylic acids is 2. The van der Waals surface area contributed by atoms with Crippen molar-refractivity contribution >= 4 is 27.9 Å². The molecular weight excluding hydrogens is 632 g/mol. The van der Waals surface area contributed by atoms with Crippen LogP contribution in [0.1, 0.15) is 103 Å². The molecule has 246 valence electrons. The highest BCUT2D eigenvalue weighted by atomic mass is 79.9. The third-order valence-corrected chi connectivity index (χ3v) is 7.19. The lowest BCUT2D eigenvalue weighted by molar-refractivity contribution is 0.0486. The summed E-state index contributed by atoms with van der Waals surface area (Å²) in [6.45, 7) is 8.84. The predicted molar refractivity (Wildman–Crippen MR) is 186 cm³/mol. The number of ether oxygens (including phenoxy) is 2. The number of hydrogen-bond donors (Lipinski definition) is 2. The number of aromatic nitrogens is 1. The number of pyridine rings is 1. The Morgan fingerprint density at radius 1 is 0.822 bits per heavy atom. The molecule has 0 amide bonds. The molecule has 0 bridgehead atoms. The number of fused-ring (bicyclic) bond motifs is 1. The fraction of sp³-hybridized carbons (Fsp3) is 0.486. The zero-order chi connectivity index (χ0) is 32.7. The van der Waals surface area contributed by atoms with Crippen molar-refractivity contribution in [2.75, 3.05) is 31.6 Å². The normalized spacial score (nSPS) is 11.6. The Morgan fingerprint density at radius 2 is 1.44 bits per heavy atom. The fourth-order valence-electron chi connectivity index (χ4n) is 4.58. The van der Waals surface area contributed by atoms with E-state index in [1.165, 1.54) is 24.0 Å². The Morgan fingerprint density at radius 3 is 2.11 bits per heavy atom. The Kier molecular flexibility index (Phi) is 19.5. The Balaban J connectivity index is 0.000000305. The second-order valence-corrected chi connectivity index (χ2v) is 12.0. The largest absolute Gasteiger partial charge is 0.508 e. The smallest absolute Gasteiger partial charge is 0.356 e. The van der Waals surface area contributed by atoms with Gasteiger partial charge in [0.2, 0.25) is 0 Å². The molecule has 4 rings (SSSR count). The molecule has 0 saturated heterocycles. The fourth-order valence-corrected chi connectivity index (χ4v) is 4.58. The average Bonchev–Trinajstić information content (AvgIpc) is 3.06. The molecule has 1 heterocycles. The molecular formula is C37H51BrN2O5. The van der Waals surface area contributed by atoms with E-state index in [2.05, 4.69) is 40.1 Å². The molecule has 0 radical (unpaired) electrons. The minimum absolute atomic E-state index is 0.249. The van der Waals surface area contributed by atoms with Gasteiger partial charge in [-0.1, -0.05) is 85.9 Å². The van der Waals surface area contributed by atoms with Crippen molar-refractivity contribution in [3.05, 3.63) is 94.3 Å². The van der Waals surface area contributed by atoms with Crippen LogP contribution < -0.4 is 5.32 Å². The zero-order valence-corrected chi connectivity index (χ0v) is 28.9. The first-order valence-corrected chi connectivity index (χ1v) is 17.5. The van der Waals surface area contributed by atoms with Crippen LogP contribution in [0.5, 0.6) is 5.75 Å². The summed E-state index contributed by atoms with van der Waals surface area (Å²) in [6, 6.07) is 18.8. The van der Waals surface area contributed by atoms with E-state index >= 15 is 0 Å². The molecule has 45 heavy (non-hydrogen) atoms. The van der Waals surface area contributed by atoms with Crippen LogP contribution in [-0.4, -0.2) is 53.7 Å². The number of esters is 2. The number of unbranched alkanes of at least 4 members (excludes halogenated alkanes) is 2. The van der Waals surface area contributed by atoms with Crippen LogP contribution in [0, 0.1) is 0 Å². The molecule has 1 aliphatic carbocycles. The van der Waals surface area contributed by atoms with E-state index in [0.29, 0.717) is 30.2 Å². The molecule has 0 aliphatic heterocycles. The first-order chi connectivity index (χ1) is 21.9. The average molecular weight is 684 g/mol. The molecule has 0 fully saturated rings. The minimum Gasteiger partial charge on any atom is -0.508 e. The number of phenols is 1. The Bertz CT molecular complexity index is 1270. The summed E-state index contributed by atoms with van der Waals surface area (Å²) in [5, 5.41) is 14.2. The number of nitrogens with zero attached hydrogens (tertiary/aromatic N) is 1. The number of para-hydroxylation sites is 1. The second-order valence-electron chi connectivity index (χ2n) is 10.8. The van der Waals surface area contributed by atoms with Gasteiger partial charge < -0.3 is 19.9 Å². The lowest BCUT2D eigenvalue weighted by Crippen LogP contribution is -2.20. The summed E-state index contributed by atoms with van der Waals surface area (Å²) in [5.74, 6) is -0.182. The van der Waals surface area contributed by atoms with Crippen molar-refractivity contribution in [1.29, 1.82) is 0 Å². The van der Waals surface area contributed by atoms with Gasteiger partial charge in [0.25, 0.3) is 0 Å². The molecule has 7 nitrogen and oxygen atoms in total. The van der Waals surface area contributed by atoms with Crippen LogP contribution in [0.25, 0.3) is 0 Å². The first kappa shape index (κ1) is 38.0. The lowest BCUT2D eigenvalue weighted by Gasteiger charge is -2.14. The first-order valence-electron chi connectivity index (χ1n) is 16.4. The zero-order valence-electron chi connectivity index (χ0n) is 27.3. The maximum absolute atomic E-state index is 11.8. The topological polar surface area (TPSA) is 97.8 Å². The summed E-state index contributed by atoms with van der Waals surface area (Å²) in [6.07, 6.45) is 10.0. The van der Waals surface area contributed by atoms with Gasteiger partial charge in [0.1, 0.15) is 11.4 Å². The lowest BCUT2D eigenvalue weighted by atomic mass is 9.96. The molecule has 0 atom stereocenters. The third kappa shape index (κ3) is 15.1. The number of benzene rings is 2. The van der Waals surface area contributed by atoms with E-state index in [1.807, 2.05) is 55.5 Å².